The quantitative estimate of drug-likeness (QED) is 0.820. The van der Waals surface area contributed by atoms with Crippen LogP contribution in [-0.2, 0) is 14.9 Å². The number of aromatic nitrogens is 1. The Morgan fingerprint density at radius 3 is 2.58 bits per heavy atom. The van der Waals surface area contributed by atoms with Crippen LogP contribution in [0.15, 0.2) is 59.8 Å². The van der Waals surface area contributed by atoms with Gasteiger partial charge < -0.3 is 10.1 Å². The topological polar surface area (TPSA) is 51.2 Å². The van der Waals surface area contributed by atoms with Crippen molar-refractivity contribution >= 4 is 17.7 Å². The Balaban J connectivity index is 1.58. The van der Waals surface area contributed by atoms with Crippen molar-refractivity contribution in [1.29, 1.82) is 0 Å². The van der Waals surface area contributed by atoms with E-state index in [1.54, 1.807) is 6.20 Å². The maximum absolute atomic E-state index is 12.2. The van der Waals surface area contributed by atoms with Crippen molar-refractivity contribution in [2.45, 2.75) is 23.3 Å². The van der Waals surface area contributed by atoms with E-state index in [-0.39, 0.29) is 11.3 Å². The Morgan fingerprint density at radius 1 is 1.12 bits per heavy atom. The number of thioether (sulfide) groups is 1. The Bertz CT molecular complexity index is 643. The van der Waals surface area contributed by atoms with Crippen LogP contribution >= 0.6 is 11.8 Å². The van der Waals surface area contributed by atoms with Gasteiger partial charge in [-0.1, -0.05) is 48.2 Å². The van der Waals surface area contributed by atoms with Crippen LogP contribution in [0.3, 0.4) is 0 Å². The first-order valence-electron chi connectivity index (χ1n) is 8.22. The summed E-state index contributed by atoms with van der Waals surface area (Å²) in [7, 11) is 0. The average molecular weight is 342 g/mol. The first-order valence-corrected chi connectivity index (χ1v) is 9.21. The fraction of sp³-hybridized carbons (Fsp3) is 0.368. The standard InChI is InChI=1S/C19H22N2O2S/c22-17(14-24-18-8-4-5-11-20-18)21-15-19(9-12-23-13-10-19)16-6-2-1-3-7-16/h1-8,11H,9-10,12-15H2,(H,21,22). The summed E-state index contributed by atoms with van der Waals surface area (Å²) in [6.45, 7) is 2.14. The molecule has 1 aromatic carbocycles. The molecule has 1 fully saturated rings. The van der Waals surface area contributed by atoms with E-state index in [0.717, 1.165) is 31.1 Å². The van der Waals surface area contributed by atoms with Gasteiger partial charge in [-0.05, 0) is 30.5 Å². The van der Waals surface area contributed by atoms with E-state index in [2.05, 4.69) is 34.6 Å². The lowest BCUT2D eigenvalue weighted by molar-refractivity contribution is -0.119. The van der Waals surface area contributed by atoms with Gasteiger partial charge in [0.05, 0.1) is 10.8 Å². The van der Waals surface area contributed by atoms with Crippen molar-refractivity contribution < 1.29 is 9.53 Å². The summed E-state index contributed by atoms with van der Waals surface area (Å²) >= 11 is 1.46. The Kier molecular flexibility index (Phi) is 5.88. The number of nitrogens with zero attached hydrogens (tertiary/aromatic N) is 1. The highest BCUT2D eigenvalue weighted by molar-refractivity contribution is 7.99. The molecule has 1 N–H and O–H groups in total. The minimum absolute atomic E-state index is 0.0230. The Labute approximate surface area is 147 Å². The minimum Gasteiger partial charge on any atom is -0.381 e. The molecule has 2 heterocycles. The van der Waals surface area contributed by atoms with E-state index in [1.807, 2.05) is 24.3 Å². The zero-order chi connectivity index (χ0) is 16.7. The molecule has 0 spiro atoms. The number of carbonyl (C=O) groups excluding carboxylic acids is 1. The molecule has 24 heavy (non-hydrogen) atoms. The molecular formula is C19H22N2O2S. The molecule has 0 bridgehead atoms. The molecule has 0 radical (unpaired) electrons. The number of carbonyl (C=O) groups is 1. The number of hydrogen-bond donors (Lipinski definition) is 1. The summed E-state index contributed by atoms with van der Waals surface area (Å²) in [5, 5.41) is 3.99. The van der Waals surface area contributed by atoms with Crippen LogP contribution < -0.4 is 5.32 Å². The number of nitrogens with one attached hydrogen (secondary N) is 1. The largest absolute Gasteiger partial charge is 0.381 e. The number of pyridine rings is 1. The van der Waals surface area contributed by atoms with E-state index in [0.29, 0.717) is 12.3 Å². The third kappa shape index (κ3) is 4.36. The molecule has 1 aliphatic rings. The smallest absolute Gasteiger partial charge is 0.230 e. The first-order chi connectivity index (χ1) is 11.8. The maximum Gasteiger partial charge on any atom is 0.230 e. The lowest BCUT2D eigenvalue weighted by atomic mass is 9.74. The number of amides is 1. The molecule has 0 atom stereocenters. The van der Waals surface area contributed by atoms with Crippen molar-refractivity contribution in [1.82, 2.24) is 10.3 Å². The van der Waals surface area contributed by atoms with Gasteiger partial charge in [0.2, 0.25) is 5.91 Å². The van der Waals surface area contributed by atoms with Crippen LogP contribution in [0.1, 0.15) is 18.4 Å². The van der Waals surface area contributed by atoms with E-state index in [1.165, 1.54) is 17.3 Å². The third-order valence-corrected chi connectivity index (χ3v) is 5.39. The second-order valence-electron chi connectivity index (χ2n) is 5.99. The summed E-state index contributed by atoms with van der Waals surface area (Å²) in [6, 6.07) is 16.2. The van der Waals surface area contributed by atoms with E-state index >= 15 is 0 Å². The lowest BCUT2D eigenvalue weighted by Gasteiger charge is -2.38. The normalized spacial score (nSPS) is 16.5. The van der Waals surface area contributed by atoms with Crippen LogP contribution in [0.2, 0.25) is 0 Å². The zero-order valence-electron chi connectivity index (χ0n) is 13.6. The van der Waals surface area contributed by atoms with Gasteiger partial charge in [0.1, 0.15) is 0 Å². The monoisotopic (exact) mass is 342 g/mol. The van der Waals surface area contributed by atoms with Crippen LogP contribution in [0, 0.1) is 0 Å². The molecule has 126 valence electrons. The van der Waals surface area contributed by atoms with Crippen LogP contribution in [0.4, 0.5) is 0 Å². The van der Waals surface area contributed by atoms with Crippen LogP contribution in [-0.4, -0.2) is 36.4 Å². The summed E-state index contributed by atoms with van der Waals surface area (Å²) in [4.78, 5) is 16.5. The highest BCUT2D eigenvalue weighted by Crippen LogP contribution is 2.34. The minimum atomic E-state index is -0.0230. The number of benzene rings is 1. The molecular weight excluding hydrogens is 320 g/mol. The fourth-order valence-electron chi connectivity index (χ4n) is 3.01. The molecule has 1 aliphatic heterocycles. The molecule has 0 aliphatic carbocycles. The molecule has 0 unspecified atom stereocenters. The number of ether oxygens (including phenoxy) is 1. The first kappa shape index (κ1) is 17.0. The molecule has 2 aromatic rings. The summed E-state index contributed by atoms with van der Waals surface area (Å²) in [6.07, 6.45) is 3.61. The molecule has 5 heteroatoms. The van der Waals surface area contributed by atoms with Crippen LogP contribution in [0.25, 0.3) is 0 Å². The van der Waals surface area contributed by atoms with E-state index in [4.69, 9.17) is 4.74 Å². The Morgan fingerprint density at radius 2 is 1.88 bits per heavy atom. The summed E-state index contributed by atoms with van der Waals surface area (Å²) < 4.78 is 5.53. The van der Waals surface area contributed by atoms with E-state index < -0.39 is 0 Å². The maximum atomic E-state index is 12.2. The zero-order valence-corrected chi connectivity index (χ0v) is 14.4. The van der Waals surface area contributed by atoms with Crippen molar-refractivity contribution in [2.75, 3.05) is 25.5 Å². The SMILES string of the molecule is O=C(CSc1ccccn1)NCC1(c2ccccc2)CCOCC1. The summed E-state index contributed by atoms with van der Waals surface area (Å²) in [5.74, 6) is 0.436. The molecule has 1 amide bonds. The average Bonchev–Trinajstić information content (AvgIpc) is 2.67. The molecule has 1 aromatic heterocycles. The molecule has 1 saturated heterocycles. The third-order valence-electron chi connectivity index (χ3n) is 4.45. The van der Waals surface area contributed by atoms with Gasteiger partial charge in [0.15, 0.2) is 0 Å². The van der Waals surface area contributed by atoms with Gasteiger partial charge in [-0.3, -0.25) is 4.79 Å². The van der Waals surface area contributed by atoms with Crippen molar-refractivity contribution in [2.24, 2.45) is 0 Å². The molecule has 4 nitrogen and oxygen atoms in total. The molecule has 0 saturated carbocycles. The highest BCUT2D eigenvalue weighted by atomic mass is 32.2. The molecule has 3 rings (SSSR count). The van der Waals surface area contributed by atoms with Gasteiger partial charge in [-0.15, -0.1) is 0 Å². The Hall–Kier alpha value is -1.85. The van der Waals surface area contributed by atoms with Gasteiger partial charge >= 0.3 is 0 Å². The summed E-state index contributed by atoms with van der Waals surface area (Å²) in [5.41, 5.74) is 1.26. The van der Waals surface area contributed by atoms with Crippen molar-refractivity contribution in [3.63, 3.8) is 0 Å². The predicted octanol–water partition coefficient (Wildman–Crippen LogP) is 3.04. The van der Waals surface area contributed by atoms with E-state index in [9.17, 15) is 4.79 Å². The van der Waals surface area contributed by atoms with Gasteiger partial charge in [0.25, 0.3) is 0 Å². The van der Waals surface area contributed by atoms with Gasteiger partial charge in [0, 0.05) is 31.4 Å². The lowest BCUT2D eigenvalue weighted by Crippen LogP contribution is -2.45. The second kappa shape index (κ2) is 8.31. The second-order valence-corrected chi connectivity index (χ2v) is 6.99. The van der Waals surface area contributed by atoms with Crippen molar-refractivity contribution in [3.8, 4) is 0 Å². The van der Waals surface area contributed by atoms with Crippen LogP contribution in [0.5, 0.6) is 0 Å². The highest BCUT2D eigenvalue weighted by Gasteiger charge is 2.34. The number of hydrogen-bond acceptors (Lipinski definition) is 4. The van der Waals surface area contributed by atoms with Crippen molar-refractivity contribution in [3.05, 3.63) is 60.3 Å². The predicted molar refractivity (Wildman–Crippen MR) is 96.1 cm³/mol. The van der Waals surface area contributed by atoms with Gasteiger partial charge in [-0.2, -0.15) is 0 Å². The number of rotatable bonds is 6. The van der Waals surface area contributed by atoms with Gasteiger partial charge in [-0.25, -0.2) is 4.98 Å². The fourth-order valence-corrected chi connectivity index (χ4v) is 3.70.